The number of benzene rings is 1. The summed E-state index contributed by atoms with van der Waals surface area (Å²) >= 11 is 0. The molecule has 2 N–H and O–H groups in total. The lowest BCUT2D eigenvalue weighted by atomic mass is 10.1. The van der Waals surface area contributed by atoms with E-state index in [2.05, 4.69) is 33.8 Å². The molecule has 0 saturated carbocycles. The third kappa shape index (κ3) is 6.47. The second kappa shape index (κ2) is 11.5. The molecule has 0 unspecified atom stereocenters. The first-order chi connectivity index (χ1) is 17.2. The summed E-state index contributed by atoms with van der Waals surface area (Å²) in [7, 11) is 1.46. The third-order valence-electron chi connectivity index (χ3n) is 5.11. The van der Waals surface area contributed by atoms with Gasteiger partial charge in [0, 0.05) is 11.8 Å². The molecule has 0 saturated heterocycles. The molecule has 0 aliphatic carbocycles. The molecule has 0 spiro atoms. The predicted octanol–water partition coefficient (Wildman–Crippen LogP) is 6.49. The van der Waals surface area contributed by atoms with Crippen molar-refractivity contribution in [3.8, 4) is 5.88 Å². The molecule has 1 amide bonds. The van der Waals surface area contributed by atoms with Crippen molar-refractivity contribution in [1.82, 2.24) is 9.97 Å². The van der Waals surface area contributed by atoms with Gasteiger partial charge >= 0.3 is 6.18 Å². The molecule has 0 atom stereocenters. The lowest BCUT2D eigenvalue weighted by Crippen LogP contribution is -2.18. The van der Waals surface area contributed by atoms with Gasteiger partial charge < -0.3 is 15.4 Å². The molecule has 2 aromatic heterocycles. The van der Waals surface area contributed by atoms with Crippen LogP contribution in [0.3, 0.4) is 0 Å². The van der Waals surface area contributed by atoms with E-state index in [4.69, 9.17) is 4.74 Å². The van der Waals surface area contributed by atoms with Gasteiger partial charge in [-0.3, -0.25) is 4.79 Å². The summed E-state index contributed by atoms with van der Waals surface area (Å²) in [4.78, 5) is 21.2. The second-order valence-electron chi connectivity index (χ2n) is 7.64. The highest BCUT2D eigenvalue weighted by molar-refractivity contribution is 6.08. The molecule has 6 nitrogen and oxygen atoms in total. The van der Waals surface area contributed by atoms with Crippen molar-refractivity contribution in [3.63, 3.8) is 0 Å². The van der Waals surface area contributed by atoms with Crippen molar-refractivity contribution in [3.05, 3.63) is 96.1 Å². The average molecular weight is 500 g/mol. The standard InChI is InChI=1S/C26H24F4N4O2/c1-4-6-8-20-21(12-14-23(31-20)36-3)33-25(35)18-10-13-22(26(28,29)30)34-24(18)32-19-11-9-17(27)15-16(19)7-5-2/h4-5,9-15H,1-2,6-8H2,3H3,(H,32,34)(H,33,35). The van der Waals surface area contributed by atoms with Gasteiger partial charge in [0.15, 0.2) is 0 Å². The summed E-state index contributed by atoms with van der Waals surface area (Å²) < 4.78 is 59.1. The molecule has 3 aromatic rings. The Morgan fingerprint density at radius 2 is 1.81 bits per heavy atom. The number of carbonyl (C=O) groups is 1. The fourth-order valence-corrected chi connectivity index (χ4v) is 3.36. The molecule has 0 fully saturated rings. The fraction of sp³-hybridized carbons (Fsp3) is 0.192. The highest BCUT2D eigenvalue weighted by atomic mass is 19.4. The smallest absolute Gasteiger partial charge is 0.433 e. The Morgan fingerprint density at radius 3 is 2.47 bits per heavy atom. The monoisotopic (exact) mass is 500 g/mol. The van der Waals surface area contributed by atoms with Gasteiger partial charge in [0.2, 0.25) is 5.88 Å². The molecule has 2 heterocycles. The number of methoxy groups -OCH3 is 1. The number of anilines is 3. The first-order valence-electron chi connectivity index (χ1n) is 10.9. The van der Waals surface area contributed by atoms with Crippen molar-refractivity contribution in [2.75, 3.05) is 17.7 Å². The predicted molar refractivity (Wildman–Crippen MR) is 130 cm³/mol. The Balaban J connectivity index is 2.02. The molecule has 0 aliphatic rings. The number of alkyl halides is 3. The van der Waals surface area contributed by atoms with E-state index >= 15 is 0 Å². The zero-order valence-corrected chi connectivity index (χ0v) is 19.5. The molecule has 10 heteroatoms. The summed E-state index contributed by atoms with van der Waals surface area (Å²) in [5.74, 6) is -1.23. The van der Waals surface area contributed by atoms with Crippen molar-refractivity contribution in [2.45, 2.75) is 25.4 Å². The molecule has 0 radical (unpaired) electrons. The first-order valence-corrected chi connectivity index (χ1v) is 10.9. The maximum atomic E-state index is 13.7. The number of allylic oxidation sites excluding steroid dienone is 2. The minimum atomic E-state index is -4.74. The van der Waals surface area contributed by atoms with Gasteiger partial charge in [0.25, 0.3) is 5.91 Å². The fourth-order valence-electron chi connectivity index (χ4n) is 3.36. The lowest BCUT2D eigenvalue weighted by Gasteiger charge is -2.17. The zero-order valence-electron chi connectivity index (χ0n) is 19.5. The number of rotatable bonds is 10. The number of nitrogens with one attached hydrogen (secondary N) is 2. The molecule has 0 aliphatic heterocycles. The van der Waals surface area contributed by atoms with Crippen molar-refractivity contribution in [2.24, 2.45) is 0 Å². The van der Waals surface area contributed by atoms with E-state index in [9.17, 15) is 22.4 Å². The second-order valence-corrected chi connectivity index (χ2v) is 7.64. The van der Waals surface area contributed by atoms with Crippen LogP contribution in [-0.4, -0.2) is 23.0 Å². The topological polar surface area (TPSA) is 76.1 Å². The van der Waals surface area contributed by atoms with E-state index in [0.29, 0.717) is 35.7 Å². The molecular weight excluding hydrogens is 476 g/mol. The average Bonchev–Trinajstić information content (AvgIpc) is 2.84. The van der Waals surface area contributed by atoms with E-state index in [1.165, 1.54) is 25.3 Å². The summed E-state index contributed by atoms with van der Waals surface area (Å²) in [6.07, 6.45) is -0.255. The third-order valence-corrected chi connectivity index (χ3v) is 5.11. The van der Waals surface area contributed by atoms with Crippen LogP contribution >= 0.6 is 0 Å². The summed E-state index contributed by atoms with van der Waals surface area (Å²) in [5, 5.41) is 5.46. The van der Waals surface area contributed by atoms with Crippen LogP contribution in [-0.2, 0) is 19.0 Å². The number of pyridine rings is 2. The number of aromatic nitrogens is 2. The van der Waals surface area contributed by atoms with Crippen LogP contribution in [0.1, 0.15) is 33.7 Å². The molecule has 3 rings (SSSR count). The van der Waals surface area contributed by atoms with Crippen LogP contribution in [0.2, 0.25) is 0 Å². The van der Waals surface area contributed by atoms with Crippen LogP contribution in [0.4, 0.5) is 34.8 Å². The Kier molecular flexibility index (Phi) is 8.42. The summed E-state index contributed by atoms with van der Waals surface area (Å²) in [5.41, 5.74) is 0.261. The first kappa shape index (κ1) is 26.4. The van der Waals surface area contributed by atoms with Crippen LogP contribution in [0.25, 0.3) is 0 Å². The molecule has 0 bridgehead atoms. The Bertz CT molecular complexity index is 1280. The van der Waals surface area contributed by atoms with Gasteiger partial charge in [-0.25, -0.2) is 14.4 Å². The summed E-state index contributed by atoms with van der Waals surface area (Å²) in [6.45, 7) is 7.29. The maximum Gasteiger partial charge on any atom is 0.433 e. The van der Waals surface area contributed by atoms with Crippen molar-refractivity contribution in [1.29, 1.82) is 0 Å². The van der Waals surface area contributed by atoms with Crippen molar-refractivity contribution >= 4 is 23.1 Å². The number of nitrogens with zero attached hydrogens (tertiary/aromatic N) is 2. The number of aryl methyl sites for hydroxylation is 1. The van der Waals surface area contributed by atoms with Gasteiger partial charge in [-0.15, -0.1) is 13.2 Å². The molecule has 1 aromatic carbocycles. The van der Waals surface area contributed by atoms with Gasteiger partial charge in [-0.1, -0.05) is 12.2 Å². The van der Waals surface area contributed by atoms with E-state index < -0.39 is 23.6 Å². The molecule has 36 heavy (non-hydrogen) atoms. The normalized spacial score (nSPS) is 11.0. The van der Waals surface area contributed by atoms with Crippen molar-refractivity contribution < 1.29 is 27.1 Å². The summed E-state index contributed by atoms with van der Waals surface area (Å²) in [6, 6.07) is 8.64. The van der Waals surface area contributed by atoms with Gasteiger partial charge in [-0.05, 0) is 61.2 Å². The Hall–Kier alpha value is -4.21. The van der Waals surface area contributed by atoms with Gasteiger partial charge in [-0.2, -0.15) is 13.2 Å². The highest BCUT2D eigenvalue weighted by Gasteiger charge is 2.33. The zero-order chi connectivity index (χ0) is 26.3. The van der Waals surface area contributed by atoms with E-state index in [1.54, 1.807) is 18.2 Å². The number of hydrogen-bond acceptors (Lipinski definition) is 5. The number of ether oxygens (including phenoxy) is 1. The minimum absolute atomic E-state index is 0.151. The number of carbonyl (C=O) groups excluding carboxylic acids is 1. The van der Waals surface area contributed by atoms with Crippen LogP contribution in [0.15, 0.2) is 67.8 Å². The van der Waals surface area contributed by atoms with Crippen LogP contribution in [0, 0.1) is 5.82 Å². The van der Waals surface area contributed by atoms with E-state index in [1.807, 2.05) is 0 Å². The van der Waals surface area contributed by atoms with Gasteiger partial charge in [0.1, 0.15) is 17.3 Å². The number of hydrogen-bond donors (Lipinski definition) is 2. The minimum Gasteiger partial charge on any atom is -0.481 e. The van der Waals surface area contributed by atoms with E-state index in [-0.39, 0.29) is 23.5 Å². The van der Waals surface area contributed by atoms with Crippen LogP contribution in [0.5, 0.6) is 5.88 Å². The Morgan fingerprint density at radius 1 is 1.06 bits per heavy atom. The van der Waals surface area contributed by atoms with Gasteiger partial charge in [0.05, 0.1) is 24.1 Å². The quantitative estimate of drug-likeness (QED) is 0.246. The highest BCUT2D eigenvalue weighted by Crippen LogP contribution is 2.32. The van der Waals surface area contributed by atoms with E-state index in [0.717, 1.165) is 18.2 Å². The number of amides is 1. The van der Waals surface area contributed by atoms with Crippen LogP contribution < -0.4 is 15.4 Å². The largest absolute Gasteiger partial charge is 0.481 e. The molecular formula is C26H24F4N4O2. The maximum absolute atomic E-state index is 13.7. The lowest BCUT2D eigenvalue weighted by molar-refractivity contribution is -0.141. The SMILES string of the molecule is C=CCCc1nc(OC)ccc1NC(=O)c1ccc(C(F)(F)F)nc1Nc1ccc(F)cc1CC=C. The number of halogens is 4. The molecule has 188 valence electrons. The Labute approximate surface area is 205 Å².